The summed E-state index contributed by atoms with van der Waals surface area (Å²) in [5.74, 6) is 1.94. The Morgan fingerprint density at radius 2 is 1.82 bits per heavy atom. The minimum atomic E-state index is -0.416. The third-order valence-corrected chi connectivity index (χ3v) is 6.48. The summed E-state index contributed by atoms with van der Waals surface area (Å²) < 4.78 is 27.4. The molecule has 0 aromatic heterocycles. The van der Waals surface area contributed by atoms with Gasteiger partial charge in [-0.3, -0.25) is 19.3 Å². The molecule has 0 saturated carbocycles. The molecule has 11 heteroatoms. The molecule has 1 fully saturated rings. The fraction of sp³-hybridized carbons (Fsp3) is 0.296. The fourth-order valence-electron chi connectivity index (χ4n) is 3.80. The van der Waals surface area contributed by atoms with E-state index in [1.54, 1.807) is 42.5 Å². The van der Waals surface area contributed by atoms with Gasteiger partial charge >= 0.3 is 0 Å². The minimum Gasteiger partial charge on any atom is -0.493 e. The zero-order chi connectivity index (χ0) is 27.1. The van der Waals surface area contributed by atoms with E-state index in [0.717, 1.165) is 16.7 Å². The Hall–Kier alpha value is -4.12. The molecule has 2 heterocycles. The lowest BCUT2D eigenvalue weighted by Crippen LogP contribution is -2.36. The van der Waals surface area contributed by atoms with Crippen molar-refractivity contribution >= 4 is 41.0 Å². The second-order valence-corrected chi connectivity index (χ2v) is 9.04. The number of nitrogens with one attached hydrogen (secondary N) is 1. The van der Waals surface area contributed by atoms with Crippen molar-refractivity contribution in [3.8, 4) is 28.7 Å². The minimum absolute atomic E-state index is 0.0477. The number of amides is 3. The maximum absolute atomic E-state index is 12.8. The molecule has 2 aliphatic rings. The van der Waals surface area contributed by atoms with Crippen LogP contribution in [0.25, 0.3) is 12.2 Å². The predicted octanol–water partition coefficient (Wildman–Crippen LogP) is 3.74. The first-order valence-corrected chi connectivity index (χ1v) is 12.7. The molecule has 0 bridgehead atoms. The van der Waals surface area contributed by atoms with Crippen molar-refractivity contribution in [2.75, 3.05) is 47.1 Å². The molecule has 0 aliphatic carbocycles. The van der Waals surface area contributed by atoms with Crippen LogP contribution in [0.3, 0.4) is 0 Å². The number of carbonyl (C=O) groups is 3. The molecule has 200 valence electrons. The number of methoxy groups -OCH3 is 2. The van der Waals surface area contributed by atoms with E-state index < -0.39 is 11.1 Å². The van der Waals surface area contributed by atoms with Gasteiger partial charge in [0.15, 0.2) is 23.0 Å². The second-order valence-electron chi connectivity index (χ2n) is 8.05. The number of carbonyl (C=O) groups excluding carboxylic acids is 3. The van der Waals surface area contributed by atoms with E-state index in [2.05, 4.69) is 5.32 Å². The number of benzene rings is 2. The Balaban J connectivity index is 1.33. The quantitative estimate of drug-likeness (QED) is 0.450. The van der Waals surface area contributed by atoms with Crippen molar-refractivity contribution in [1.82, 2.24) is 10.2 Å². The van der Waals surface area contributed by atoms with Crippen molar-refractivity contribution in [2.45, 2.75) is 6.92 Å². The molecule has 0 unspecified atom stereocenters. The summed E-state index contributed by atoms with van der Waals surface area (Å²) in [5, 5.41) is 2.30. The summed E-state index contributed by atoms with van der Waals surface area (Å²) in [6.45, 7) is 3.40. The second kappa shape index (κ2) is 12.4. The number of hydrogen-bond acceptors (Lipinski definition) is 9. The third-order valence-electron chi connectivity index (χ3n) is 5.57. The smallest absolute Gasteiger partial charge is 0.293 e. The first-order valence-electron chi connectivity index (χ1n) is 11.9. The molecule has 38 heavy (non-hydrogen) atoms. The van der Waals surface area contributed by atoms with E-state index in [1.807, 2.05) is 6.92 Å². The van der Waals surface area contributed by atoms with Gasteiger partial charge in [0.25, 0.3) is 11.1 Å². The highest BCUT2D eigenvalue weighted by molar-refractivity contribution is 8.18. The van der Waals surface area contributed by atoms with Crippen LogP contribution in [0.5, 0.6) is 28.7 Å². The summed E-state index contributed by atoms with van der Waals surface area (Å²) in [6, 6.07) is 8.77. The molecule has 1 saturated heterocycles. The Labute approximate surface area is 224 Å². The monoisotopic (exact) mass is 540 g/mol. The van der Waals surface area contributed by atoms with Gasteiger partial charge in [0.2, 0.25) is 11.7 Å². The summed E-state index contributed by atoms with van der Waals surface area (Å²) >= 11 is 0.851. The molecule has 2 aromatic rings. The Morgan fingerprint density at radius 1 is 1.05 bits per heavy atom. The SMILES string of the molecule is CCOc1ccc(/C=C2\SC(=O)N(CCNC(=O)/C=C/c3cc(OC)c4c(c3)OCCO4)C2=O)cc1OC. The zero-order valence-corrected chi connectivity index (χ0v) is 22.1. The predicted molar refractivity (Wildman–Crippen MR) is 143 cm³/mol. The average molecular weight is 541 g/mol. The molecule has 2 aliphatic heterocycles. The van der Waals surface area contributed by atoms with Crippen LogP contribution in [-0.4, -0.2) is 69.1 Å². The lowest BCUT2D eigenvalue weighted by molar-refractivity contribution is -0.123. The molecule has 0 atom stereocenters. The van der Waals surface area contributed by atoms with E-state index >= 15 is 0 Å². The zero-order valence-electron chi connectivity index (χ0n) is 21.3. The van der Waals surface area contributed by atoms with E-state index in [4.69, 9.17) is 23.7 Å². The first kappa shape index (κ1) is 26.9. The van der Waals surface area contributed by atoms with Gasteiger partial charge in [0.05, 0.1) is 25.7 Å². The summed E-state index contributed by atoms with van der Waals surface area (Å²) in [4.78, 5) is 39.0. The lowest BCUT2D eigenvalue weighted by Gasteiger charge is -2.20. The van der Waals surface area contributed by atoms with Crippen LogP contribution >= 0.6 is 11.8 Å². The maximum Gasteiger partial charge on any atom is 0.293 e. The first-order chi connectivity index (χ1) is 18.4. The maximum atomic E-state index is 12.8. The molecule has 0 spiro atoms. The highest BCUT2D eigenvalue weighted by atomic mass is 32.2. The number of rotatable bonds is 10. The van der Waals surface area contributed by atoms with Crippen LogP contribution in [0, 0.1) is 0 Å². The standard InChI is InChI=1S/C27H28N2O8S/c1-4-35-19-7-5-18(13-20(19)33-2)16-23-26(31)29(27(32)38-23)10-9-28-24(30)8-6-17-14-21(34-3)25-22(15-17)36-11-12-37-25/h5-8,13-16H,4,9-12H2,1-3H3,(H,28,30)/b8-6+,23-16-. The van der Waals surface area contributed by atoms with Crippen molar-refractivity contribution in [3.05, 3.63) is 52.4 Å². The van der Waals surface area contributed by atoms with Crippen LogP contribution in [0.2, 0.25) is 0 Å². The van der Waals surface area contributed by atoms with E-state index in [1.165, 1.54) is 20.3 Å². The van der Waals surface area contributed by atoms with Gasteiger partial charge in [0.1, 0.15) is 13.2 Å². The van der Waals surface area contributed by atoms with Gasteiger partial charge < -0.3 is 29.0 Å². The van der Waals surface area contributed by atoms with Crippen molar-refractivity contribution in [1.29, 1.82) is 0 Å². The topological polar surface area (TPSA) is 113 Å². The number of imide groups is 1. The van der Waals surface area contributed by atoms with Crippen molar-refractivity contribution < 1.29 is 38.1 Å². The Kier molecular flexibility index (Phi) is 8.80. The number of ether oxygens (including phenoxy) is 5. The lowest BCUT2D eigenvalue weighted by atomic mass is 10.1. The van der Waals surface area contributed by atoms with Crippen molar-refractivity contribution in [3.63, 3.8) is 0 Å². The number of nitrogens with zero attached hydrogens (tertiary/aromatic N) is 1. The van der Waals surface area contributed by atoms with E-state index in [0.29, 0.717) is 64.6 Å². The molecule has 3 amide bonds. The largest absolute Gasteiger partial charge is 0.493 e. The number of fused-ring (bicyclic) bond motifs is 1. The Bertz CT molecular complexity index is 1270. The Morgan fingerprint density at radius 3 is 2.58 bits per heavy atom. The van der Waals surface area contributed by atoms with Crippen LogP contribution in [0.15, 0.2) is 41.3 Å². The van der Waals surface area contributed by atoms with Crippen LogP contribution in [-0.2, 0) is 9.59 Å². The molecule has 4 rings (SSSR count). The normalized spacial score (nSPS) is 15.8. The van der Waals surface area contributed by atoms with Crippen LogP contribution in [0.4, 0.5) is 4.79 Å². The van der Waals surface area contributed by atoms with Crippen molar-refractivity contribution in [2.24, 2.45) is 0 Å². The van der Waals surface area contributed by atoms with Gasteiger partial charge in [-0.2, -0.15) is 0 Å². The fourth-order valence-corrected chi connectivity index (χ4v) is 4.67. The average Bonchev–Trinajstić information content (AvgIpc) is 3.19. The highest BCUT2D eigenvalue weighted by Crippen LogP contribution is 2.40. The molecular formula is C27H28N2O8S. The highest BCUT2D eigenvalue weighted by Gasteiger charge is 2.34. The third kappa shape index (κ3) is 6.23. The molecule has 1 N–H and O–H groups in total. The molecule has 0 radical (unpaired) electrons. The number of hydrogen-bond donors (Lipinski definition) is 1. The van der Waals surface area contributed by atoms with Gasteiger partial charge in [-0.25, -0.2) is 0 Å². The van der Waals surface area contributed by atoms with Gasteiger partial charge in [-0.05, 0) is 66.2 Å². The van der Waals surface area contributed by atoms with Crippen LogP contribution in [0.1, 0.15) is 18.1 Å². The van der Waals surface area contributed by atoms with Crippen LogP contribution < -0.4 is 29.0 Å². The molecular weight excluding hydrogens is 512 g/mol. The number of thioether (sulfide) groups is 1. The van der Waals surface area contributed by atoms with Gasteiger partial charge in [0, 0.05) is 19.2 Å². The summed E-state index contributed by atoms with van der Waals surface area (Å²) in [6.07, 6.45) is 4.61. The summed E-state index contributed by atoms with van der Waals surface area (Å²) in [7, 11) is 3.06. The van der Waals surface area contributed by atoms with Gasteiger partial charge in [-0.1, -0.05) is 6.07 Å². The summed E-state index contributed by atoms with van der Waals surface area (Å²) in [5.41, 5.74) is 1.40. The molecule has 10 nitrogen and oxygen atoms in total. The van der Waals surface area contributed by atoms with Gasteiger partial charge in [-0.15, -0.1) is 0 Å². The molecule has 2 aromatic carbocycles. The van der Waals surface area contributed by atoms with E-state index in [-0.39, 0.29) is 19.0 Å². The van der Waals surface area contributed by atoms with E-state index in [9.17, 15) is 14.4 Å².